The molecule has 2 N–H and O–H groups in total. The number of amides is 1. The van der Waals surface area contributed by atoms with Crippen LogP contribution in [0.2, 0.25) is 10.0 Å². The van der Waals surface area contributed by atoms with Gasteiger partial charge in [-0.25, -0.2) is 0 Å². The molecule has 180 valence electrons. The number of anilines is 1. The Morgan fingerprint density at radius 2 is 1.91 bits per heavy atom. The fourth-order valence-electron chi connectivity index (χ4n) is 5.19. The van der Waals surface area contributed by atoms with Crippen LogP contribution in [0, 0.1) is 10.1 Å². The molecule has 1 amide bonds. The second-order valence-corrected chi connectivity index (χ2v) is 10.4. The van der Waals surface area contributed by atoms with E-state index in [9.17, 15) is 14.9 Å². The molecule has 2 heterocycles. The van der Waals surface area contributed by atoms with Crippen LogP contribution < -0.4 is 15.4 Å². The zero-order valence-corrected chi connectivity index (χ0v) is 21.5. The largest absolute Gasteiger partial charge is 0.488 e. The molecular weight excluding hydrogens is 557 g/mol. The second-order valence-electron chi connectivity index (χ2n) is 8.71. The average molecular weight is 577 g/mol. The highest BCUT2D eigenvalue weighted by molar-refractivity contribution is 9.10. The van der Waals surface area contributed by atoms with Crippen LogP contribution in [0.4, 0.5) is 5.69 Å². The van der Waals surface area contributed by atoms with Crippen molar-refractivity contribution in [2.24, 2.45) is 0 Å². The lowest BCUT2D eigenvalue weighted by Gasteiger charge is -2.25. The van der Waals surface area contributed by atoms with Gasteiger partial charge >= 0.3 is 0 Å². The van der Waals surface area contributed by atoms with E-state index in [0.29, 0.717) is 31.5 Å². The SMILES string of the molecule is C[C@@H]1N[C@]2(C(=O)Nc3ccccc32)[C@H]([N+](=O)[O-])[C@@H]1c1ccc(OCc2ccc(Cl)cc2Cl)c(Br)c1. The maximum Gasteiger partial charge on any atom is 0.256 e. The highest BCUT2D eigenvalue weighted by Crippen LogP contribution is 2.50. The van der Waals surface area contributed by atoms with Crippen molar-refractivity contribution >= 4 is 50.7 Å². The van der Waals surface area contributed by atoms with Gasteiger partial charge in [-0.3, -0.25) is 20.2 Å². The molecule has 0 saturated carbocycles. The van der Waals surface area contributed by atoms with Gasteiger partial charge in [0.2, 0.25) is 0 Å². The van der Waals surface area contributed by atoms with Crippen molar-refractivity contribution in [2.75, 3.05) is 5.32 Å². The Balaban J connectivity index is 1.46. The fourth-order valence-corrected chi connectivity index (χ4v) is 6.16. The number of rotatable bonds is 5. The Hall–Kier alpha value is -2.65. The molecule has 5 rings (SSSR count). The van der Waals surface area contributed by atoms with Gasteiger partial charge in [-0.2, -0.15) is 0 Å². The van der Waals surface area contributed by atoms with E-state index in [-0.39, 0.29) is 17.6 Å². The van der Waals surface area contributed by atoms with Crippen LogP contribution in [0.1, 0.15) is 29.5 Å². The number of fused-ring (bicyclic) bond motifs is 2. The van der Waals surface area contributed by atoms with Crippen LogP contribution >= 0.6 is 39.1 Å². The van der Waals surface area contributed by atoms with Crippen molar-refractivity contribution < 1.29 is 14.5 Å². The van der Waals surface area contributed by atoms with Gasteiger partial charge in [0, 0.05) is 37.8 Å². The molecule has 35 heavy (non-hydrogen) atoms. The molecular formula is C25H20BrCl2N3O4. The number of nitrogens with one attached hydrogen (secondary N) is 2. The lowest BCUT2D eigenvalue weighted by atomic mass is 9.78. The number of halogens is 3. The van der Waals surface area contributed by atoms with Crippen LogP contribution in [-0.2, 0) is 16.9 Å². The second kappa shape index (κ2) is 9.09. The summed E-state index contributed by atoms with van der Waals surface area (Å²) in [6.07, 6.45) is 0. The van der Waals surface area contributed by atoms with Crippen LogP contribution in [0.15, 0.2) is 65.1 Å². The number of para-hydroxylation sites is 1. The Kier molecular flexibility index (Phi) is 6.25. The van der Waals surface area contributed by atoms with Crippen LogP contribution in [0.3, 0.4) is 0 Å². The van der Waals surface area contributed by atoms with Crippen molar-refractivity contribution in [3.05, 3.63) is 102 Å². The van der Waals surface area contributed by atoms with Crippen LogP contribution in [-0.4, -0.2) is 22.9 Å². The van der Waals surface area contributed by atoms with Gasteiger partial charge in [0.25, 0.3) is 11.9 Å². The highest BCUT2D eigenvalue weighted by Gasteiger charge is 2.67. The first-order valence-electron chi connectivity index (χ1n) is 10.9. The highest BCUT2D eigenvalue weighted by atomic mass is 79.9. The topological polar surface area (TPSA) is 93.5 Å². The summed E-state index contributed by atoms with van der Waals surface area (Å²) < 4.78 is 6.58. The molecule has 0 aromatic heterocycles. The third kappa shape index (κ3) is 3.98. The molecule has 10 heteroatoms. The molecule has 0 bridgehead atoms. The van der Waals surface area contributed by atoms with Gasteiger partial charge in [-0.15, -0.1) is 0 Å². The third-order valence-corrected chi connectivity index (χ3v) is 7.91. The average Bonchev–Trinajstić information content (AvgIpc) is 3.28. The quantitative estimate of drug-likeness (QED) is 0.291. The fraction of sp³-hybridized carbons (Fsp3) is 0.240. The number of ether oxygens (including phenoxy) is 1. The minimum atomic E-state index is -1.45. The van der Waals surface area contributed by atoms with Crippen molar-refractivity contribution in [2.45, 2.75) is 37.1 Å². The summed E-state index contributed by atoms with van der Waals surface area (Å²) in [5.74, 6) is -0.402. The van der Waals surface area contributed by atoms with E-state index in [2.05, 4.69) is 26.6 Å². The summed E-state index contributed by atoms with van der Waals surface area (Å²) >= 11 is 15.7. The normalized spacial score (nSPS) is 24.9. The number of carbonyl (C=O) groups is 1. The van der Waals surface area contributed by atoms with Gasteiger partial charge in [0.05, 0.1) is 10.4 Å². The molecule has 7 nitrogen and oxygen atoms in total. The van der Waals surface area contributed by atoms with E-state index < -0.39 is 23.4 Å². The maximum absolute atomic E-state index is 13.2. The molecule has 2 aliphatic rings. The Bertz CT molecular complexity index is 1350. The molecule has 1 saturated heterocycles. The summed E-state index contributed by atoms with van der Waals surface area (Å²) in [5.41, 5.74) is 1.25. The summed E-state index contributed by atoms with van der Waals surface area (Å²) in [4.78, 5) is 25.3. The zero-order chi connectivity index (χ0) is 24.9. The molecule has 2 aliphatic heterocycles. The molecule has 1 fully saturated rings. The monoisotopic (exact) mass is 575 g/mol. The maximum atomic E-state index is 13.2. The first kappa shape index (κ1) is 24.1. The molecule has 3 aromatic rings. The standard InChI is InChI=1S/C25H20BrCl2N3O4/c1-13-22(23(31(33)34)25(30-13)17-4-2-3-5-20(17)29-24(25)32)14-7-9-21(18(26)10-14)35-12-15-6-8-16(27)11-19(15)28/h2-11,13,22-23,30H,12H2,1H3,(H,29,32)/t13-,22-,23+,25-/m0/s1. The first-order chi connectivity index (χ1) is 16.7. The van der Waals surface area contributed by atoms with Gasteiger partial charge in [0.1, 0.15) is 12.4 Å². The van der Waals surface area contributed by atoms with Gasteiger partial charge in [-0.1, -0.05) is 53.5 Å². The van der Waals surface area contributed by atoms with Crippen LogP contribution in [0.25, 0.3) is 0 Å². The van der Waals surface area contributed by atoms with Crippen molar-refractivity contribution in [3.63, 3.8) is 0 Å². The van der Waals surface area contributed by atoms with E-state index in [1.165, 1.54) is 0 Å². The summed E-state index contributed by atoms with van der Waals surface area (Å²) in [6, 6.07) is 16.1. The van der Waals surface area contributed by atoms with E-state index in [1.54, 1.807) is 54.6 Å². The van der Waals surface area contributed by atoms with Gasteiger partial charge < -0.3 is 10.1 Å². The Labute approximate surface area is 220 Å². The molecule has 0 radical (unpaired) electrons. The molecule has 0 unspecified atom stereocenters. The third-order valence-electron chi connectivity index (χ3n) is 6.70. The Morgan fingerprint density at radius 1 is 1.14 bits per heavy atom. The predicted octanol–water partition coefficient (Wildman–Crippen LogP) is 5.90. The Morgan fingerprint density at radius 3 is 2.63 bits per heavy atom. The summed E-state index contributed by atoms with van der Waals surface area (Å²) in [7, 11) is 0. The van der Waals surface area contributed by atoms with Gasteiger partial charge in [-0.05, 0) is 58.7 Å². The van der Waals surface area contributed by atoms with E-state index in [4.69, 9.17) is 27.9 Å². The number of benzene rings is 3. The van der Waals surface area contributed by atoms with Crippen molar-refractivity contribution in [1.82, 2.24) is 5.32 Å². The minimum Gasteiger partial charge on any atom is -0.488 e. The smallest absolute Gasteiger partial charge is 0.256 e. The lowest BCUT2D eigenvalue weighted by molar-refractivity contribution is -0.532. The molecule has 0 aliphatic carbocycles. The lowest BCUT2D eigenvalue weighted by Crippen LogP contribution is -2.54. The van der Waals surface area contributed by atoms with Gasteiger partial charge in [0.15, 0.2) is 5.54 Å². The minimum absolute atomic E-state index is 0.229. The number of hydrogen-bond acceptors (Lipinski definition) is 5. The van der Waals surface area contributed by atoms with E-state index in [1.807, 2.05) is 13.0 Å². The summed E-state index contributed by atoms with van der Waals surface area (Å²) in [5, 5.41) is 19.6. The first-order valence-corrected chi connectivity index (χ1v) is 12.5. The zero-order valence-electron chi connectivity index (χ0n) is 18.4. The molecule has 4 atom stereocenters. The molecule has 1 spiro atoms. The van der Waals surface area contributed by atoms with Crippen molar-refractivity contribution in [1.29, 1.82) is 0 Å². The summed E-state index contributed by atoms with van der Waals surface area (Å²) in [6.45, 7) is 2.10. The number of hydrogen-bond donors (Lipinski definition) is 2. The number of nitro groups is 1. The predicted molar refractivity (Wildman–Crippen MR) is 138 cm³/mol. The number of carbonyl (C=O) groups excluding carboxylic acids is 1. The van der Waals surface area contributed by atoms with E-state index in [0.717, 1.165) is 11.1 Å². The van der Waals surface area contributed by atoms with Crippen LogP contribution in [0.5, 0.6) is 5.75 Å². The number of nitrogens with zero attached hydrogens (tertiary/aromatic N) is 1. The molecule has 3 aromatic carbocycles. The van der Waals surface area contributed by atoms with E-state index >= 15 is 0 Å². The van der Waals surface area contributed by atoms with Crippen molar-refractivity contribution in [3.8, 4) is 5.75 Å².